The van der Waals surface area contributed by atoms with E-state index in [1.807, 2.05) is 0 Å². The molecule has 0 N–H and O–H groups in total. The Balaban J connectivity index is 1.12. The summed E-state index contributed by atoms with van der Waals surface area (Å²) in [6.07, 6.45) is 0. The van der Waals surface area contributed by atoms with Gasteiger partial charge in [-0.3, -0.25) is 0 Å². The van der Waals surface area contributed by atoms with Crippen LogP contribution in [-0.2, 0) is 0 Å². The minimum Gasteiger partial charge on any atom is -0.310 e. The molecule has 2 nitrogen and oxygen atoms in total. The molecule has 0 bridgehead atoms. The van der Waals surface area contributed by atoms with Crippen LogP contribution in [0.15, 0.2) is 255 Å². The predicted molar refractivity (Wildman–Crippen MR) is 272 cm³/mol. The second-order valence-corrected chi connectivity index (χ2v) is 16.4. The Morgan fingerprint density at radius 1 is 0.250 bits per heavy atom. The van der Waals surface area contributed by atoms with E-state index in [1.54, 1.807) is 0 Å². The average Bonchev–Trinajstić information content (AvgIpc) is 3.71. The van der Waals surface area contributed by atoms with Crippen LogP contribution in [0, 0.1) is 0 Å². The first-order chi connectivity index (χ1) is 31.8. The van der Waals surface area contributed by atoms with Gasteiger partial charge in [-0.25, -0.2) is 0 Å². The zero-order chi connectivity index (χ0) is 42.4. The van der Waals surface area contributed by atoms with E-state index in [-0.39, 0.29) is 0 Å². The molecule has 0 atom stereocenters. The highest BCUT2D eigenvalue weighted by Crippen LogP contribution is 2.49. The normalized spacial score (nSPS) is 11.4. The molecule has 12 aromatic rings. The third-order valence-electron chi connectivity index (χ3n) is 12.8. The Hall–Kier alpha value is -8.46. The molecule has 0 unspecified atom stereocenters. The monoisotopic (exact) mass is 814 g/mol. The van der Waals surface area contributed by atoms with Gasteiger partial charge in [0.2, 0.25) is 0 Å². The lowest BCUT2D eigenvalue weighted by Crippen LogP contribution is -2.10. The summed E-state index contributed by atoms with van der Waals surface area (Å²) < 4.78 is 2.38. The number of anilines is 3. The Kier molecular flexibility index (Phi) is 9.20. The summed E-state index contributed by atoms with van der Waals surface area (Å²) in [5.74, 6) is 0. The number of nitrogens with zero attached hydrogens (tertiary/aromatic N) is 2. The Labute approximate surface area is 373 Å². The smallest absolute Gasteiger partial charge is 0.0541 e. The van der Waals surface area contributed by atoms with Crippen molar-refractivity contribution in [3.63, 3.8) is 0 Å². The molecule has 0 amide bonds. The van der Waals surface area contributed by atoms with Gasteiger partial charge in [-0.2, -0.15) is 0 Å². The van der Waals surface area contributed by atoms with E-state index >= 15 is 0 Å². The molecule has 0 aliphatic carbocycles. The van der Waals surface area contributed by atoms with Crippen LogP contribution >= 0.6 is 0 Å². The molecule has 0 aliphatic heterocycles. The minimum atomic E-state index is 1.08. The molecule has 11 aromatic carbocycles. The largest absolute Gasteiger partial charge is 0.310 e. The van der Waals surface area contributed by atoms with Crippen LogP contribution in [0.2, 0.25) is 0 Å². The number of hydrogen-bond acceptors (Lipinski definition) is 1. The maximum absolute atomic E-state index is 2.43. The molecule has 0 radical (unpaired) electrons. The van der Waals surface area contributed by atoms with Gasteiger partial charge in [0.1, 0.15) is 0 Å². The van der Waals surface area contributed by atoms with Gasteiger partial charge >= 0.3 is 0 Å². The van der Waals surface area contributed by atoms with Crippen molar-refractivity contribution in [3.05, 3.63) is 255 Å². The molecule has 64 heavy (non-hydrogen) atoms. The Bertz CT molecular complexity index is 3590. The van der Waals surface area contributed by atoms with E-state index in [4.69, 9.17) is 0 Å². The van der Waals surface area contributed by atoms with Crippen molar-refractivity contribution in [2.45, 2.75) is 0 Å². The van der Waals surface area contributed by atoms with E-state index in [0.29, 0.717) is 0 Å². The van der Waals surface area contributed by atoms with E-state index in [9.17, 15) is 0 Å². The summed E-state index contributed by atoms with van der Waals surface area (Å²) in [5.41, 5.74) is 16.5. The average molecular weight is 815 g/mol. The second kappa shape index (κ2) is 15.8. The zero-order valence-electron chi connectivity index (χ0n) is 35.1. The van der Waals surface area contributed by atoms with Crippen molar-refractivity contribution < 1.29 is 0 Å². The van der Waals surface area contributed by atoms with Gasteiger partial charge in [0.05, 0.1) is 11.0 Å². The SMILES string of the molecule is c1ccc(-c2ccccc2-c2c3ccccc3c(-c3ccccc3-c3ccccc3)c3cc(N(c4ccccc4)c4ccc(-n5c6ccccc6c6ccccc65)cc4)ccc23)cc1. The maximum Gasteiger partial charge on any atom is 0.0541 e. The fourth-order valence-corrected chi connectivity index (χ4v) is 10.0. The Morgan fingerprint density at radius 3 is 1.16 bits per heavy atom. The van der Waals surface area contributed by atoms with Crippen LogP contribution in [0.3, 0.4) is 0 Å². The summed E-state index contributed by atoms with van der Waals surface area (Å²) in [5, 5.41) is 7.36. The molecule has 2 heteroatoms. The third-order valence-corrected chi connectivity index (χ3v) is 12.8. The third kappa shape index (κ3) is 6.27. The molecule has 0 spiro atoms. The molecule has 12 rings (SSSR count). The standard InChI is InChI=1S/C62H42N2/c1-4-20-43(21-5-1)49-26-10-12-30-53(49)61-55-32-14-15-33-56(55)62(54-31-13-11-27-50(54)44-22-6-2-7-23-44)58-42-48(40-41-57(58)61)63(45-24-8-3-9-25-45)46-36-38-47(39-37-46)64-59-34-18-16-28-51(59)52-29-17-19-35-60(52)64/h1-42H. The summed E-state index contributed by atoms with van der Waals surface area (Å²) in [4.78, 5) is 2.40. The number of benzene rings is 11. The predicted octanol–water partition coefficient (Wildman–Crippen LogP) is 17.2. The Morgan fingerprint density at radius 2 is 0.625 bits per heavy atom. The molecule has 0 saturated heterocycles. The van der Waals surface area contributed by atoms with Crippen molar-refractivity contribution in [2.75, 3.05) is 4.90 Å². The lowest BCUT2D eigenvalue weighted by molar-refractivity contribution is 1.17. The molecular weight excluding hydrogens is 773 g/mol. The van der Waals surface area contributed by atoms with Crippen LogP contribution < -0.4 is 4.90 Å². The van der Waals surface area contributed by atoms with Gasteiger partial charge in [-0.15, -0.1) is 0 Å². The van der Waals surface area contributed by atoms with Gasteiger partial charge in [-0.1, -0.05) is 194 Å². The summed E-state index contributed by atoms with van der Waals surface area (Å²) in [7, 11) is 0. The highest BCUT2D eigenvalue weighted by molar-refractivity contribution is 6.24. The van der Waals surface area contributed by atoms with Gasteiger partial charge in [0.15, 0.2) is 0 Å². The fourth-order valence-electron chi connectivity index (χ4n) is 10.0. The molecule has 300 valence electrons. The number of rotatable bonds is 8. The van der Waals surface area contributed by atoms with E-state index in [2.05, 4.69) is 264 Å². The van der Waals surface area contributed by atoms with Crippen LogP contribution in [-0.4, -0.2) is 4.57 Å². The van der Waals surface area contributed by atoms with E-state index in [0.717, 1.165) is 22.7 Å². The maximum atomic E-state index is 2.43. The quantitative estimate of drug-likeness (QED) is 0.139. The highest BCUT2D eigenvalue weighted by atomic mass is 15.1. The molecular formula is C62H42N2. The number of hydrogen-bond donors (Lipinski definition) is 0. The van der Waals surface area contributed by atoms with Crippen molar-refractivity contribution in [3.8, 4) is 50.2 Å². The number of para-hydroxylation sites is 3. The van der Waals surface area contributed by atoms with Crippen molar-refractivity contribution in [1.29, 1.82) is 0 Å². The van der Waals surface area contributed by atoms with Crippen molar-refractivity contribution >= 4 is 60.4 Å². The van der Waals surface area contributed by atoms with Gasteiger partial charge < -0.3 is 9.47 Å². The van der Waals surface area contributed by atoms with Gasteiger partial charge in [-0.05, 0) is 127 Å². The molecule has 0 aliphatic rings. The first kappa shape index (κ1) is 37.3. The molecule has 0 saturated carbocycles. The number of aromatic nitrogens is 1. The van der Waals surface area contributed by atoms with Crippen LogP contribution in [0.5, 0.6) is 0 Å². The highest BCUT2D eigenvalue weighted by Gasteiger charge is 2.23. The van der Waals surface area contributed by atoms with Gasteiger partial charge in [0, 0.05) is 33.5 Å². The lowest BCUT2D eigenvalue weighted by atomic mass is 9.82. The fraction of sp³-hybridized carbons (Fsp3) is 0. The molecule has 1 heterocycles. The van der Waals surface area contributed by atoms with Crippen LogP contribution in [0.1, 0.15) is 0 Å². The van der Waals surface area contributed by atoms with Gasteiger partial charge in [0.25, 0.3) is 0 Å². The lowest BCUT2D eigenvalue weighted by Gasteiger charge is -2.27. The minimum absolute atomic E-state index is 1.08. The number of fused-ring (bicyclic) bond motifs is 5. The van der Waals surface area contributed by atoms with E-state index in [1.165, 1.54) is 87.9 Å². The summed E-state index contributed by atoms with van der Waals surface area (Å²) in [6.45, 7) is 0. The first-order valence-electron chi connectivity index (χ1n) is 22.0. The van der Waals surface area contributed by atoms with E-state index < -0.39 is 0 Å². The zero-order valence-corrected chi connectivity index (χ0v) is 35.1. The van der Waals surface area contributed by atoms with Crippen molar-refractivity contribution in [1.82, 2.24) is 4.57 Å². The first-order valence-corrected chi connectivity index (χ1v) is 22.0. The van der Waals surface area contributed by atoms with Crippen molar-refractivity contribution in [2.24, 2.45) is 0 Å². The molecule has 1 aromatic heterocycles. The summed E-state index contributed by atoms with van der Waals surface area (Å²) >= 11 is 0. The van der Waals surface area contributed by atoms with Crippen LogP contribution in [0.4, 0.5) is 17.1 Å². The summed E-state index contributed by atoms with van der Waals surface area (Å²) in [6, 6.07) is 92.7. The molecule has 0 fully saturated rings. The topological polar surface area (TPSA) is 8.17 Å². The van der Waals surface area contributed by atoms with Crippen LogP contribution in [0.25, 0.3) is 93.5 Å². The second-order valence-electron chi connectivity index (χ2n) is 16.4.